The summed E-state index contributed by atoms with van der Waals surface area (Å²) < 4.78 is 11.4. The van der Waals surface area contributed by atoms with Crippen LogP contribution in [0.3, 0.4) is 0 Å². The standard InChI is InChI=1S/C26H23ClN4O3S/c1-2-33-23-14-18(15-28-31-26-30-22(17-35-26)19-9-5-3-6-10-19)13-21(27)25(23)34-16-24(32)29-20-11-7-4-8-12-20/h3-15,17H,2,16H2,1H3,(H,29,32)(H,30,31). The first kappa shape index (κ1) is 24.3. The quantitative estimate of drug-likeness (QED) is 0.194. The first-order valence-electron chi connectivity index (χ1n) is 10.9. The number of ether oxygens (including phenoxy) is 2. The highest BCUT2D eigenvalue weighted by Gasteiger charge is 2.14. The third-order valence-corrected chi connectivity index (χ3v) is 5.71. The van der Waals surface area contributed by atoms with E-state index in [0.29, 0.717) is 39.5 Å². The fourth-order valence-corrected chi connectivity index (χ4v) is 4.09. The van der Waals surface area contributed by atoms with Gasteiger partial charge >= 0.3 is 0 Å². The number of hydrogen-bond acceptors (Lipinski definition) is 7. The Morgan fingerprint density at radius 3 is 2.57 bits per heavy atom. The molecule has 0 saturated heterocycles. The molecule has 1 aromatic heterocycles. The number of halogens is 1. The molecule has 0 saturated carbocycles. The molecule has 0 aliphatic rings. The van der Waals surface area contributed by atoms with Crippen LogP contribution < -0.4 is 20.2 Å². The van der Waals surface area contributed by atoms with E-state index in [0.717, 1.165) is 11.3 Å². The van der Waals surface area contributed by atoms with Gasteiger partial charge in [0.25, 0.3) is 5.91 Å². The van der Waals surface area contributed by atoms with Crippen molar-refractivity contribution in [1.82, 2.24) is 4.98 Å². The highest BCUT2D eigenvalue weighted by atomic mass is 35.5. The van der Waals surface area contributed by atoms with Gasteiger partial charge in [-0.3, -0.25) is 10.2 Å². The van der Waals surface area contributed by atoms with E-state index < -0.39 is 0 Å². The van der Waals surface area contributed by atoms with Crippen LogP contribution in [0.15, 0.2) is 83.3 Å². The maximum Gasteiger partial charge on any atom is 0.262 e. The van der Waals surface area contributed by atoms with Gasteiger partial charge in [0.1, 0.15) is 0 Å². The molecule has 0 spiro atoms. The van der Waals surface area contributed by atoms with Gasteiger partial charge in [-0.2, -0.15) is 5.10 Å². The topological polar surface area (TPSA) is 84.8 Å². The molecule has 3 aromatic carbocycles. The van der Waals surface area contributed by atoms with Crippen LogP contribution in [-0.4, -0.2) is 30.3 Å². The lowest BCUT2D eigenvalue weighted by Gasteiger charge is -2.14. The molecule has 0 fully saturated rings. The van der Waals surface area contributed by atoms with Crippen molar-refractivity contribution in [3.63, 3.8) is 0 Å². The van der Waals surface area contributed by atoms with Crippen molar-refractivity contribution in [2.24, 2.45) is 5.10 Å². The number of aromatic nitrogens is 1. The van der Waals surface area contributed by atoms with Gasteiger partial charge in [-0.25, -0.2) is 4.98 Å². The van der Waals surface area contributed by atoms with E-state index in [-0.39, 0.29) is 12.5 Å². The van der Waals surface area contributed by atoms with Crippen LogP contribution in [-0.2, 0) is 4.79 Å². The van der Waals surface area contributed by atoms with Gasteiger partial charge in [-0.15, -0.1) is 11.3 Å². The third kappa shape index (κ3) is 6.81. The summed E-state index contributed by atoms with van der Waals surface area (Å²) in [6.07, 6.45) is 1.61. The number of hydrazone groups is 1. The molecule has 4 aromatic rings. The number of nitrogens with zero attached hydrogens (tertiary/aromatic N) is 2. The van der Waals surface area contributed by atoms with Crippen molar-refractivity contribution in [3.8, 4) is 22.8 Å². The Balaban J connectivity index is 1.40. The van der Waals surface area contributed by atoms with Crippen molar-refractivity contribution in [2.75, 3.05) is 24.0 Å². The van der Waals surface area contributed by atoms with Crippen LogP contribution in [0.4, 0.5) is 10.8 Å². The number of amides is 1. The van der Waals surface area contributed by atoms with Crippen LogP contribution in [0.25, 0.3) is 11.3 Å². The fourth-order valence-electron chi connectivity index (χ4n) is 3.15. The number of carbonyl (C=O) groups excluding carboxylic acids is 1. The highest BCUT2D eigenvalue weighted by Crippen LogP contribution is 2.36. The molecular weight excluding hydrogens is 484 g/mol. The molecule has 1 heterocycles. The minimum atomic E-state index is -0.303. The summed E-state index contributed by atoms with van der Waals surface area (Å²) in [6, 6.07) is 22.5. The van der Waals surface area contributed by atoms with E-state index in [9.17, 15) is 4.79 Å². The zero-order valence-corrected chi connectivity index (χ0v) is 20.5. The molecule has 2 N–H and O–H groups in total. The summed E-state index contributed by atoms with van der Waals surface area (Å²) in [5, 5.41) is 9.98. The Morgan fingerprint density at radius 1 is 1.09 bits per heavy atom. The number of anilines is 2. The van der Waals surface area contributed by atoms with Gasteiger partial charge in [0.2, 0.25) is 5.13 Å². The lowest BCUT2D eigenvalue weighted by Crippen LogP contribution is -2.20. The molecule has 0 bridgehead atoms. The Morgan fingerprint density at radius 2 is 1.83 bits per heavy atom. The van der Waals surface area contributed by atoms with Gasteiger partial charge in [0, 0.05) is 16.6 Å². The second kappa shape index (κ2) is 12.0. The normalized spacial score (nSPS) is 10.8. The molecule has 0 radical (unpaired) electrons. The van der Waals surface area contributed by atoms with Crippen LogP contribution >= 0.6 is 22.9 Å². The molecule has 0 unspecified atom stereocenters. The van der Waals surface area contributed by atoms with Gasteiger partial charge in [0.15, 0.2) is 18.1 Å². The van der Waals surface area contributed by atoms with Crippen molar-refractivity contribution in [1.29, 1.82) is 0 Å². The largest absolute Gasteiger partial charge is 0.490 e. The smallest absolute Gasteiger partial charge is 0.262 e. The van der Waals surface area contributed by atoms with E-state index in [1.54, 1.807) is 30.5 Å². The van der Waals surface area contributed by atoms with Crippen molar-refractivity contribution in [3.05, 3.63) is 88.8 Å². The predicted molar refractivity (Wildman–Crippen MR) is 142 cm³/mol. The number of hydrogen-bond donors (Lipinski definition) is 2. The number of para-hydroxylation sites is 1. The maximum atomic E-state index is 12.2. The molecule has 0 atom stereocenters. The SMILES string of the molecule is CCOc1cc(C=NNc2nc(-c3ccccc3)cs2)cc(Cl)c1OCC(=O)Nc1ccccc1. The van der Waals surface area contributed by atoms with Crippen LogP contribution in [0.2, 0.25) is 5.02 Å². The molecule has 35 heavy (non-hydrogen) atoms. The lowest BCUT2D eigenvalue weighted by molar-refractivity contribution is -0.118. The van der Waals surface area contributed by atoms with E-state index in [1.165, 1.54) is 11.3 Å². The summed E-state index contributed by atoms with van der Waals surface area (Å²) >= 11 is 7.91. The van der Waals surface area contributed by atoms with Gasteiger partial charge < -0.3 is 14.8 Å². The molecule has 0 aliphatic heterocycles. The van der Waals surface area contributed by atoms with Crippen molar-refractivity contribution in [2.45, 2.75) is 6.92 Å². The van der Waals surface area contributed by atoms with Crippen molar-refractivity contribution < 1.29 is 14.3 Å². The molecule has 4 rings (SSSR count). The second-order valence-corrected chi connectivity index (χ2v) is 8.51. The average molecular weight is 507 g/mol. The lowest BCUT2D eigenvalue weighted by atomic mass is 10.2. The summed E-state index contributed by atoms with van der Waals surface area (Å²) in [7, 11) is 0. The number of benzene rings is 3. The number of nitrogens with one attached hydrogen (secondary N) is 2. The first-order valence-corrected chi connectivity index (χ1v) is 12.1. The van der Waals surface area contributed by atoms with Crippen LogP contribution in [0.1, 0.15) is 12.5 Å². The van der Waals surface area contributed by atoms with E-state index in [2.05, 4.69) is 20.8 Å². The molecule has 9 heteroatoms. The van der Waals surface area contributed by atoms with Gasteiger partial charge in [0.05, 0.1) is 23.5 Å². The molecule has 7 nitrogen and oxygen atoms in total. The van der Waals surface area contributed by atoms with Crippen molar-refractivity contribution >= 4 is 45.9 Å². The fraction of sp³-hybridized carbons (Fsp3) is 0.115. The Hall–Kier alpha value is -3.88. The minimum Gasteiger partial charge on any atom is -0.490 e. The monoisotopic (exact) mass is 506 g/mol. The van der Waals surface area contributed by atoms with E-state index in [4.69, 9.17) is 21.1 Å². The molecular formula is C26H23ClN4O3S. The van der Waals surface area contributed by atoms with Gasteiger partial charge in [-0.1, -0.05) is 60.1 Å². The average Bonchev–Trinajstić information content (AvgIpc) is 3.34. The predicted octanol–water partition coefficient (Wildman–Crippen LogP) is 6.33. The molecule has 0 aliphatic carbocycles. The Labute approximate surface area is 212 Å². The number of carbonyl (C=O) groups is 1. The number of thiazole rings is 1. The second-order valence-electron chi connectivity index (χ2n) is 7.24. The zero-order chi connectivity index (χ0) is 24.5. The summed E-state index contributed by atoms with van der Waals surface area (Å²) in [5.41, 5.74) is 6.25. The zero-order valence-electron chi connectivity index (χ0n) is 18.9. The summed E-state index contributed by atoms with van der Waals surface area (Å²) in [5.74, 6) is 0.423. The Bertz CT molecular complexity index is 1300. The molecule has 178 valence electrons. The van der Waals surface area contributed by atoms with Gasteiger partial charge in [-0.05, 0) is 36.8 Å². The van der Waals surface area contributed by atoms with E-state index in [1.807, 2.05) is 60.8 Å². The summed E-state index contributed by atoms with van der Waals surface area (Å²) in [6.45, 7) is 2.05. The maximum absolute atomic E-state index is 12.2. The van der Waals surface area contributed by atoms with Crippen LogP contribution in [0, 0.1) is 0 Å². The third-order valence-electron chi connectivity index (χ3n) is 4.68. The Kier molecular flexibility index (Phi) is 8.32. The molecule has 1 amide bonds. The summed E-state index contributed by atoms with van der Waals surface area (Å²) in [4.78, 5) is 16.8. The minimum absolute atomic E-state index is 0.211. The highest BCUT2D eigenvalue weighted by molar-refractivity contribution is 7.14. The first-order chi connectivity index (χ1) is 17.1. The van der Waals surface area contributed by atoms with E-state index >= 15 is 0 Å². The van der Waals surface area contributed by atoms with Crippen LogP contribution in [0.5, 0.6) is 11.5 Å². The number of rotatable bonds is 10.